The average Bonchev–Trinajstić information content (AvgIpc) is 3.06. The van der Waals surface area contributed by atoms with E-state index in [4.69, 9.17) is 19.7 Å². The second-order valence-electron chi connectivity index (χ2n) is 6.56. The summed E-state index contributed by atoms with van der Waals surface area (Å²) in [5, 5.41) is 22.0. The molecule has 3 N–H and O–H groups in total. The Balaban J connectivity index is 1.65. The van der Waals surface area contributed by atoms with Crippen LogP contribution in [0.1, 0.15) is 16.1 Å². The molecule has 0 aliphatic heterocycles. The molecule has 0 aliphatic rings. The van der Waals surface area contributed by atoms with Gasteiger partial charge in [0, 0.05) is 29.9 Å². The molecule has 0 atom stereocenters. The van der Waals surface area contributed by atoms with Crippen LogP contribution in [0.15, 0.2) is 48.5 Å². The molecule has 1 amide bonds. The van der Waals surface area contributed by atoms with Gasteiger partial charge in [-0.15, -0.1) is 0 Å². The molecule has 7 heteroatoms. The predicted molar refractivity (Wildman–Crippen MR) is 111 cm³/mol. The number of para-hydroxylation sites is 1. The zero-order chi connectivity index (χ0) is 20.6. The minimum Gasteiger partial charge on any atom is -0.487 e. The SMILES string of the molecule is Cc1cc2ccccc2n1CCNC(=O)c1ccc(OCCO)c(OCCO)c1. The van der Waals surface area contributed by atoms with Crippen molar-refractivity contribution in [2.45, 2.75) is 13.5 Å². The Labute approximate surface area is 169 Å². The van der Waals surface area contributed by atoms with Crippen molar-refractivity contribution in [1.82, 2.24) is 9.88 Å². The number of aliphatic hydroxyl groups is 2. The highest BCUT2D eigenvalue weighted by Gasteiger charge is 2.12. The molecule has 1 heterocycles. The Hall–Kier alpha value is -3.03. The number of aliphatic hydroxyl groups excluding tert-OH is 2. The molecule has 0 saturated carbocycles. The van der Waals surface area contributed by atoms with Crippen LogP contribution in [-0.4, -0.2) is 53.7 Å². The Bertz CT molecular complexity index is 967. The number of nitrogens with zero attached hydrogens (tertiary/aromatic N) is 1. The molecule has 0 radical (unpaired) electrons. The number of carbonyl (C=O) groups is 1. The molecule has 0 saturated heterocycles. The lowest BCUT2D eigenvalue weighted by Crippen LogP contribution is -2.27. The first kappa shape index (κ1) is 20.7. The third-order valence-corrected chi connectivity index (χ3v) is 4.54. The molecular weight excluding hydrogens is 372 g/mol. The molecule has 29 heavy (non-hydrogen) atoms. The zero-order valence-corrected chi connectivity index (χ0v) is 16.4. The highest BCUT2D eigenvalue weighted by Crippen LogP contribution is 2.28. The van der Waals surface area contributed by atoms with Crippen LogP contribution < -0.4 is 14.8 Å². The highest BCUT2D eigenvalue weighted by atomic mass is 16.5. The molecule has 3 rings (SSSR count). The number of benzene rings is 2. The number of hydrogen-bond donors (Lipinski definition) is 3. The second kappa shape index (κ2) is 9.95. The number of nitrogens with one attached hydrogen (secondary N) is 1. The number of rotatable bonds is 10. The van der Waals surface area contributed by atoms with Gasteiger partial charge in [-0.2, -0.15) is 0 Å². The minimum absolute atomic E-state index is 0.0839. The van der Waals surface area contributed by atoms with Gasteiger partial charge in [-0.1, -0.05) is 18.2 Å². The van der Waals surface area contributed by atoms with Gasteiger partial charge in [0.2, 0.25) is 0 Å². The molecule has 1 aromatic heterocycles. The van der Waals surface area contributed by atoms with Gasteiger partial charge < -0.3 is 29.6 Å². The Morgan fingerprint density at radius 2 is 1.72 bits per heavy atom. The number of amides is 1. The summed E-state index contributed by atoms with van der Waals surface area (Å²) in [5.74, 6) is 0.549. The molecule has 3 aromatic rings. The summed E-state index contributed by atoms with van der Waals surface area (Å²) in [7, 11) is 0. The largest absolute Gasteiger partial charge is 0.487 e. The summed E-state index contributed by atoms with van der Waals surface area (Å²) < 4.78 is 13.0. The van der Waals surface area contributed by atoms with Gasteiger partial charge in [-0.3, -0.25) is 4.79 Å². The number of hydrogen-bond acceptors (Lipinski definition) is 5. The summed E-state index contributed by atoms with van der Waals surface area (Å²) in [4.78, 5) is 12.6. The maximum atomic E-state index is 12.6. The van der Waals surface area contributed by atoms with Crippen LogP contribution in [0.25, 0.3) is 10.9 Å². The minimum atomic E-state index is -0.221. The van der Waals surface area contributed by atoms with Gasteiger partial charge >= 0.3 is 0 Å². The van der Waals surface area contributed by atoms with E-state index in [1.54, 1.807) is 18.2 Å². The van der Waals surface area contributed by atoms with Crippen LogP contribution in [0, 0.1) is 6.92 Å². The number of aromatic nitrogens is 1. The van der Waals surface area contributed by atoms with Crippen molar-refractivity contribution in [2.24, 2.45) is 0 Å². The number of fused-ring (bicyclic) bond motifs is 1. The van der Waals surface area contributed by atoms with Gasteiger partial charge in [0.05, 0.1) is 13.2 Å². The fraction of sp³-hybridized carbons (Fsp3) is 0.318. The Morgan fingerprint density at radius 1 is 1.00 bits per heavy atom. The first-order valence-electron chi connectivity index (χ1n) is 9.58. The van der Waals surface area contributed by atoms with Gasteiger partial charge in [0.15, 0.2) is 11.5 Å². The van der Waals surface area contributed by atoms with E-state index in [-0.39, 0.29) is 32.3 Å². The average molecular weight is 398 g/mol. The van der Waals surface area contributed by atoms with Crippen molar-refractivity contribution < 1.29 is 24.5 Å². The van der Waals surface area contributed by atoms with Crippen molar-refractivity contribution in [3.8, 4) is 11.5 Å². The van der Waals surface area contributed by atoms with Crippen LogP contribution in [0.5, 0.6) is 11.5 Å². The van der Waals surface area contributed by atoms with Crippen LogP contribution in [0.2, 0.25) is 0 Å². The van der Waals surface area contributed by atoms with E-state index in [9.17, 15) is 4.79 Å². The standard InChI is InChI=1S/C22H26N2O5/c1-16-14-17-4-2-3-5-19(17)24(16)9-8-23-22(27)18-6-7-20(28-12-10-25)21(15-18)29-13-11-26/h2-7,14-15,25-26H,8-13H2,1H3,(H,23,27). The van der Waals surface area contributed by atoms with E-state index in [0.717, 1.165) is 11.2 Å². The smallest absolute Gasteiger partial charge is 0.251 e. The van der Waals surface area contributed by atoms with Crippen LogP contribution in [-0.2, 0) is 6.54 Å². The van der Waals surface area contributed by atoms with Crippen LogP contribution in [0.3, 0.4) is 0 Å². The highest BCUT2D eigenvalue weighted by molar-refractivity contribution is 5.94. The van der Waals surface area contributed by atoms with Crippen LogP contribution in [0.4, 0.5) is 0 Å². The van der Waals surface area contributed by atoms with Gasteiger partial charge in [-0.25, -0.2) is 0 Å². The third kappa shape index (κ3) is 5.07. The molecule has 7 nitrogen and oxygen atoms in total. The quantitative estimate of drug-likeness (QED) is 0.487. The molecule has 154 valence electrons. The van der Waals surface area contributed by atoms with E-state index in [0.29, 0.717) is 30.2 Å². The van der Waals surface area contributed by atoms with Gasteiger partial charge in [0.1, 0.15) is 13.2 Å². The molecule has 0 spiro atoms. The number of aryl methyl sites for hydroxylation is 1. The van der Waals surface area contributed by atoms with Crippen molar-refractivity contribution in [1.29, 1.82) is 0 Å². The fourth-order valence-electron chi connectivity index (χ4n) is 3.22. The fourth-order valence-corrected chi connectivity index (χ4v) is 3.22. The second-order valence-corrected chi connectivity index (χ2v) is 6.56. The molecule has 0 bridgehead atoms. The van der Waals surface area contributed by atoms with E-state index < -0.39 is 0 Å². The predicted octanol–water partition coefficient (Wildman–Crippen LogP) is 2.12. The third-order valence-electron chi connectivity index (χ3n) is 4.54. The number of carbonyl (C=O) groups excluding carboxylic acids is 1. The Kier molecular flexibility index (Phi) is 7.10. The lowest BCUT2D eigenvalue weighted by Gasteiger charge is -2.14. The number of ether oxygens (including phenoxy) is 2. The summed E-state index contributed by atoms with van der Waals surface area (Å²) in [6.07, 6.45) is 0. The molecule has 0 aliphatic carbocycles. The Morgan fingerprint density at radius 3 is 2.48 bits per heavy atom. The summed E-state index contributed by atoms with van der Waals surface area (Å²) in [6, 6.07) is 15.1. The van der Waals surface area contributed by atoms with E-state index in [2.05, 4.69) is 35.0 Å². The van der Waals surface area contributed by atoms with E-state index in [1.807, 2.05) is 12.1 Å². The maximum absolute atomic E-state index is 12.6. The van der Waals surface area contributed by atoms with Crippen molar-refractivity contribution in [2.75, 3.05) is 33.0 Å². The summed E-state index contributed by atoms with van der Waals surface area (Å²) in [6.45, 7) is 3.11. The topological polar surface area (TPSA) is 93.0 Å². The monoisotopic (exact) mass is 398 g/mol. The molecular formula is C22H26N2O5. The maximum Gasteiger partial charge on any atom is 0.251 e. The van der Waals surface area contributed by atoms with Gasteiger partial charge in [-0.05, 0) is 42.6 Å². The molecule has 0 unspecified atom stereocenters. The normalized spacial score (nSPS) is 10.9. The molecule has 2 aromatic carbocycles. The van der Waals surface area contributed by atoms with Crippen LogP contribution >= 0.6 is 0 Å². The summed E-state index contributed by atoms with van der Waals surface area (Å²) in [5.41, 5.74) is 2.72. The van der Waals surface area contributed by atoms with E-state index in [1.165, 1.54) is 5.39 Å². The summed E-state index contributed by atoms with van der Waals surface area (Å²) >= 11 is 0. The lowest BCUT2D eigenvalue weighted by atomic mass is 10.2. The first-order valence-corrected chi connectivity index (χ1v) is 9.58. The van der Waals surface area contributed by atoms with Gasteiger partial charge in [0.25, 0.3) is 5.91 Å². The lowest BCUT2D eigenvalue weighted by molar-refractivity contribution is 0.0951. The molecule has 0 fully saturated rings. The van der Waals surface area contributed by atoms with Crippen molar-refractivity contribution in [3.63, 3.8) is 0 Å². The van der Waals surface area contributed by atoms with Crippen molar-refractivity contribution >= 4 is 16.8 Å². The van der Waals surface area contributed by atoms with E-state index >= 15 is 0 Å². The van der Waals surface area contributed by atoms with Crippen molar-refractivity contribution in [3.05, 3.63) is 59.8 Å². The zero-order valence-electron chi connectivity index (χ0n) is 16.4. The first-order chi connectivity index (χ1) is 14.1.